The average molecular weight is 302 g/mol. The number of nitrogen functional groups attached to an aromatic ring is 1. The number of nitrogens with zero attached hydrogens (tertiary/aromatic N) is 1. The zero-order chi connectivity index (χ0) is 12.6. The van der Waals surface area contributed by atoms with Gasteiger partial charge in [-0.25, -0.2) is 4.39 Å². The van der Waals surface area contributed by atoms with Crippen LogP contribution in [-0.4, -0.2) is 19.0 Å². The minimum Gasteiger partial charge on any atom is -0.397 e. The number of amides is 1. The largest absolute Gasteiger partial charge is 0.397 e. The fourth-order valence-electron chi connectivity index (χ4n) is 1.96. The lowest BCUT2D eigenvalue weighted by molar-refractivity contribution is -0.117. The molecule has 1 fully saturated rings. The molecule has 0 saturated carbocycles. The van der Waals surface area contributed by atoms with Gasteiger partial charge in [0.1, 0.15) is 5.82 Å². The number of benzene rings is 1. The van der Waals surface area contributed by atoms with Gasteiger partial charge in [0.25, 0.3) is 0 Å². The van der Waals surface area contributed by atoms with Crippen LogP contribution < -0.4 is 16.4 Å². The third-order valence-electron chi connectivity index (χ3n) is 2.90. The number of rotatable bonds is 2. The first-order valence-electron chi connectivity index (χ1n) is 5.28. The van der Waals surface area contributed by atoms with Crippen molar-refractivity contribution in [3.63, 3.8) is 0 Å². The molecule has 0 radical (unpaired) electrons. The quantitative estimate of drug-likeness (QED) is 0.813. The molecule has 2 rings (SSSR count). The zero-order valence-electron chi connectivity index (χ0n) is 9.12. The summed E-state index contributed by atoms with van der Waals surface area (Å²) in [7, 11) is 0. The van der Waals surface area contributed by atoms with Crippen LogP contribution in [0.25, 0.3) is 0 Å². The van der Waals surface area contributed by atoms with Gasteiger partial charge in [0, 0.05) is 19.0 Å². The molecule has 0 bridgehead atoms. The van der Waals surface area contributed by atoms with Gasteiger partial charge in [0.05, 0.1) is 15.8 Å². The molecule has 17 heavy (non-hydrogen) atoms. The Bertz CT molecular complexity index is 466. The smallest absolute Gasteiger partial charge is 0.227 e. The molecule has 1 aliphatic heterocycles. The predicted molar refractivity (Wildman–Crippen MR) is 68.0 cm³/mol. The van der Waals surface area contributed by atoms with Crippen molar-refractivity contribution in [3.8, 4) is 0 Å². The first-order chi connectivity index (χ1) is 8.02. The molecule has 0 spiro atoms. The van der Waals surface area contributed by atoms with Gasteiger partial charge in [0.15, 0.2) is 0 Å². The van der Waals surface area contributed by atoms with E-state index in [-0.39, 0.29) is 11.8 Å². The molecule has 1 atom stereocenters. The highest BCUT2D eigenvalue weighted by Crippen LogP contribution is 2.33. The van der Waals surface area contributed by atoms with E-state index in [0.29, 0.717) is 35.4 Å². The van der Waals surface area contributed by atoms with Gasteiger partial charge in [-0.05, 0) is 34.5 Å². The standard InChI is InChI=1S/C11H13BrFN3O/c12-7-2-9(15)10(3-8(7)13)16-5-6(4-14)1-11(16)17/h2-3,6H,1,4-5,14-15H2. The van der Waals surface area contributed by atoms with E-state index in [2.05, 4.69) is 15.9 Å². The highest BCUT2D eigenvalue weighted by Gasteiger charge is 2.31. The normalized spacial score (nSPS) is 20.1. The number of carbonyl (C=O) groups excluding carboxylic acids is 1. The van der Waals surface area contributed by atoms with E-state index in [4.69, 9.17) is 11.5 Å². The van der Waals surface area contributed by atoms with Crippen LogP contribution in [0.2, 0.25) is 0 Å². The third kappa shape index (κ3) is 2.28. The summed E-state index contributed by atoms with van der Waals surface area (Å²) in [6.07, 6.45) is 0.396. The first kappa shape index (κ1) is 12.3. The van der Waals surface area contributed by atoms with Gasteiger partial charge in [-0.15, -0.1) is 0 Å². The van der Waals surface area contributed by atoms with Crippen molar-refractivity contribution >= 4 is 33.2 Å². The van der Waals surface area contributed by atoms with Crippen molar-refractivity contribution in [2.24, 2.45) is 11.7 Å². The molecular weight excluding hydrogens is 289 g/mol. The molecule has 1 saturated heterocycles. The second-order valence-electron chi connectivity index (χ2n) is 4.14. The van der Waals surface area contributed by atoms with Crippen LogP contribution >= 0.6 is 15.9 Å². The summed E-state index contributed by atoms with van der Waals surface area (Å²) in [5.41, 5.74) is 12.1. The van der Waals surface area contributed by atoms with Gasteiger partial charge in [-0.2, -0.15) is 0 Å². The summed E-state index contributed by atoms with van der Waals surface area (Å²) in [5.74, 6) is -0.374. The summed E-state index contributed by atoms with van der Waals surface area (Å²) in [5, 5.41) is 0. The molecule has 1 heterocycles. The maximum absolute atomic E-state index is 13.5. The Morgan fingerprint density at radius 3 is 2.82 bits per heavy atom. The van der Waals surface area contributed by atoms with Crippen molar-refractivity contribution in [2.75, 3.05) is 23.7 Å². The molecule has 1 aromatic carbocycles. The van der Waals surface area contributed by atoms with Crippen molar-refractivity contribution in [3.05, 3.63) is 22.4 Å². The lowest BCUT2D eigenvalue weighted by Gasteiger charge is -2.19. The molecular formula is C11H13BrFN3O. The minimum absolute atomic E-state index is 0.0612. The Labute approximate surface area is 107 Å². The second kappa shape index (κ2) is 4.62. The Hall–Kier alpha value is -1.14. The van der Waals surface area contributed by atoms with Crippen molar-refractivity contribution in [1.82, 2.24) is 0 Å². The fourth-order valence-corrected chi connectivity index (χ4v) is 2.32. The highest BCUT2D eigenvalue weighted by molar-refractivity contribution is 9.10. The second-order valence-corrected chi connectivity index (χ2v) is 4.99. The van der Waals surface area contributed by atoms with E-state index < -0.39 is 5.82 Å². The minimum atomic E-state index is -0.432. The Kier molecular flexibility index (Phi) is 3.35. The number of hydrogen-bond acceptors (Lipinski definition) is 3. The van der Waals surface area contributed by atoms with Crippen LogP contribution in [-0.2, 0) is 4.79 Å². The Morgan fingerprint density at radius 1 is 1.53 bits per heavy atom. The summed E-state index contributed by atoms with van der Waals surface area (Å²) in [4.78, 5) is 13.3. The van der Waals surface area contributed by atoms with Crippen LogP contribution in [0.15, 0.2) is 16.6 Å². The van der Waals surface area contributed by atoms with Crippen molar-refractivity contribution in [2.45, 2.75) is 6.42 Å². The van der Waals surface area contributed by atoms with Gasteiger partial charge < -0.3 is 16.4 Å². The van der Waals surface area contributed by atoms with E-state index in [1.165, 1.54) is 17.0 Å². The van der Waals surface area contributed by atoms with E-state index in [1.54, 1.807) is 0 Å². The number of anilines is 2. The van der Waals surface area contributed by atoms with Crippen LogP contribution in [0.5, 0.6) is 0 Å². The number of nitrogens with two attached hydrogens (primary N) is 2. The molecule has 0 aromatic heterocycles. The molecule has 4 N–H and O–H groups in total. The summed E-state index contributed by atoms with van der Waals surface area (Å²) in [6.45, 7) is 0.946. The molecule has 1 unspecified atom stereocenters. The van der Waals surface area contributed by atoms with Gasteiger partial charge in [0.2, 0.25) is 5.91 Å². The molecule has 92 valence electrons. The molecule has 0 aliphatic carbocycles. The van der Waals surface area contributed by atoms with Crippen LogP contribution in [0.1, 0.15) is 6.42 Å². The summed E-state index contributed by atoms with van der Waals surface area (Å²) >= 11 is 3.05. The number of halogens is 2. The van der Waals surface area contributed by atoms with Crippen molar-refractivity contribution in [1.29, 1.82) is 0 Å². The van der Waals surface area contributed by atoms with E-state index in [9.17, 15) is 9.18 Å². The lowest BCUT2D eigenvalue weighted by Crippen LogP contribution is -2.26. The van der Waals surface area contributed by atoms with E-state index >= 15 is 0 Å². The van der Waals surface area contributed by atoms with Gasteiger partial charge in [-0.3, -0.25) is 4.79 Å². The monoisotopic (exact) mass is 301 g/mol. The zero-order valence-corrected chi connectivity index (χ0v) is 10.7. The summed E-state index contributed by atoms with van der Waals surface area (Å²) < 4.78 is 13.7. The Morgan fingerprint density at radius 2 is 2.24 bits per heavy atom. The number of hydrogen-bond donors (Lipinski definition) is 2. The molecule has 4 nitrogen and oxygen atoms in total. The lowest BCUT2D eigenvalue weighted by atomic mass is 10.1. The van der Waals surface area contributed by atoms with Crippen molar-refractivity contribution < 1.29 is 9.18 Å². The van der Waals surface area contributed by atoms with E-state index in [0.717, 1.165) is 0 Å². The average Bonchev–Trinajstić information content (AvgIpc) is 2.65. The predicted octanol–water partition coefficient (Wildman–Crippen LogP) is 1.48. The molecule has 1 aromatic rings. The molecule has 1 amide bonds. The Balaban J connectivity index is 2.35. The third-order valence-corrected chi connectivity index (χ3v) is 3.51. The van der Waals surface area contributed by atoms with Gasteiger partial charge >= 0.3 is 0 Å². The van der Waals surface area contributed by atoms with Crippen LogP contribution in [0.3, 0.4) is 0 Å². The first-order valence-corrected chi connectivity index (χ1v) is 6.07. The topological polar surface area (TPSA) is 72.4 Å². The van der Waals surface area contributed by atoms with Crippen LogP contribution in [0, 0.1) is 11.7 Å². The summed E-state index contributed by atoms with van der Waals surface area (Å²) in [6, 6.07) is 2.74. The molecule has 6 heteroatoms. The van der Waals surface area contributed by atoms with E-state index in [1.807, 2.05) is 0 Å². The van der Waals surface area contributed by atoms with Gasteiger partial charge in [-0.1, -0.05) is 0 Å². The maximum Gasteiger partial charge on any atom is 0.227 e. The number of carbonyl (C=O) groups is 1. The SMILES string of the molecule is NCC1CC(=O)N(c2cc(F)c(Br)cc2N)C1. The molecule has 1 aliphatic rings. The fraction of sp³-hybridized carbons (Fsp3) is 0.364. The highest BCUT2D eigenvalue weighted by atomic mass is 79.9. The maximum atomic E-state index is 13.5. The van der Waals surface area contributed by atoms with Crippen LogP contribution in [0.4, 0.5) is 15.8 Å².